The van der Waals surface area contributed by atoms with Crippen LogP contribution in [0.1, 0.15) is 17.5 Å². The van der Waals surface area contributed by atoms with Crippen LogP contribution in [0.15, 0.2) is 29.2 Å². The Morgan fingerprint density at radius 3 is 2.68 bits per heavy atom. The van der Waals surface area contributed by atoms with Crippen molar-refractivity contribution in [1.29, 1.82) is 0 Å². The molecule has 0 bridgehead atoms. The van der Waals surface area contributed by atoms with Gasteiger partial charge in [-0.1, -0.05) is 12.2 Å². The number of sulfonamides is 1. The first-order valence-electron chi connectivity index (χ1n) is 6.02. The molecule has 0 spiro atoms. The number of nitrogens with zero attached hydrogens (tertiary/aromatic N) is 1. The molecular weight excluding hydrogens is 269 g/mol. The summed E-state index contributed by atoms with van der Waals surface area (Å²) in [5.41, 5.74) is 0.348. The topological polar surface area (TPSA) is 57.6 Å². The zero-order valence-electron chi connectivity index (χ0n) is 10.6. The van der Waals surface area contributed by atoms with Crippen molar-refractivity contribution in [3.05, 3.63) is 41.2 Å². The molecule has 6 heteroatoms. The van der Waals surface area contributed by atoms with E-state index in [-0.39, 0.29) is 22.6 Å². The predicted molar refractivity (Wildman–Crippen MR) is 69.6 cm³/mol. The molecule has 1 aliphatic heterocycles. The second kappa shape index (κ2) is 5.40. The maximum atomic E-state index is 13.7. The molecule has 0 aliphatic carbocycles. The summed E-state index contributed by atoms with van der Waals surface area (Å²) >= 11 is 0. The maximum Gasteiger partial charge on any atom is 0.243 e. The van der Waals surface area contributed by atoms with Crippen LogP contribution in [0, 0.1) is 12.7 Å². The molecule has 19 heavy (non-hydrogen) atoms. The van der Waals surface area contributed by atoms with Gasteiger partial charge in [-0.2, -0.15) is 4.31 Å². The summed E-state index contributed by atoms with van der Waals surface area (Å²) in [6, 6.07) is 2.50. The quantitative estimate of drug-likeness (QED) is 0.858. The first-order chi connectivity index (χ1) is 8.96. The minimum atomic E-state index is -3.72. The summed E-state index contributed by atoms with van der Waals surface area (Å²) in [6.45, 7) is 1.73. The van der Waals surface area contributed by atoms with Gasteiger partial charge in [-0.25, -0.2) is 12.8 Å². The number of aliphatic hydroxyl groups is 1. The van der Waals surface area contributed by atoms with Gasteiger partial charge in [0.05, 0.1) is 11.5 Å². The largest absolute Gasteiger partial charge is 0.392 e. The lowest BCUT2D eigenvalue weighted by atomic mass is 10.1. The predicted octanol–water partition coefficient (Wildman–Crippen LogP) is 1.58. The van der Waals surface area contributed by atoms with Gasteiger partial charge in [-0.3, -0.25) is 0 Å². The third-order valence-corrected chi connectivity index (χ3v) is 5.17. The summed E-state index contributed by atoms with van der Waals surface area (Å²) in [5.74, 6) is -0.613. The van der Waals surface area contributed by atoms with Crippen LogP contribution in [-0.2, 0) is 16.6 Å². The Hall–Kier alpha value is -1.24. The molecule has 4 nitrogen and oxygen atoms in total. The van der Waals surface area contributed by atoms with Crippen molar-refractivity contribution >= 4 is 10.0 Å². The van der Waals surface area contributed by atoms with E-state index in [4.69, 9.17) is 5.11 Å². The average Bonchev–Trinajstić information content (AvgIpc) is 2.42. The van der Waals surface area contributed by atoms with Gasteiger partial charge in [0.2, 0.25) is 10.0 Å². The first-order valence-corrected chi connectivity index (χ1v) is 7.46. The highest BCUT2D eigenvalue weighted by Gasteiger charge is 2.27. The highest BCUT2D eigenvalue weighted by atomic mass is 32.2. The van der Waals surface area contributed by atoms with Crippen LogP contribution in [-0.4, -0.2) is 30.9 Å². The molecule has 1 aromatic carbocycles. The van der Waals surface area contributed by atoms with E-state index in [9.17, 15) is 12.8 Å². The van der Waals surface area contributed by atoms with Crippen molar-refractivity contribution in [1.82, 2.24) is 4.31 Å². The van der Waals surface area contributed by atoms with Crippen LogP contribution in [0.5, 0.6) is 0 Å². The highest BCUT2D eigenvalue weighted by molar-refractivity contribution is 7.89. The van der Waals surface area contributed by atoms with Crippen molar-refractivity contribution in [3.8, 4) is 0 Å². The van der Waals surface area contributed by atoms with Gasteiger partial charge < -0.3 is 5.11 Å². The molecule has 1 aliphatic rings. The van der Waals surface area contributed by atoms with Gasteiger partial charge in [-0.15, -0.1) is 0 Å². The molecular formula is C13H16FNO3S. The van der Waals surface area contributed by atoms with Crippen molar-refractivity contribution in [3.63, 3.8) is 0 Å². The summed E-state index contributed by atoms with van der Waals surface area (Å²) in [6.07, 6.45) is 4.35. The number of hydrogen-bond acceptors (Lipinski definition) is 3. The van der Waals surface area contributed by atoms with Gasteiger partial charge >= 0.3 is 0 Å². The minimum Gasteiger partial charge on any atom is -0.392 e. The van der Waals surface area contributed by atoms with Gasteiger partial charge in [0.1, 0.15) is 5.82 Å². The monoisotopic (exact) mass is 285 g/mol. The van der Waals surface area contributed by atoms with Crippen LogP contribution in [0.3, 0.4) is 0 Å². The molecule has 1 heterocycles. The number of rotatable bonds is 3. The number of aliphatic hydroxyl groups excluding tert-OH is 1. The molecule has 0 amide bonds. The fraction of sp³-hybridized carbons (Fsp3) is 0.385. The summed E-state index contributed by atoms with van der Waals surface area (Å²) in [7, 11) is -3.72. The van der Waals surface area contributed by atoms with Crippen LogP contribution in [0.4, 0.5) is 4.39 Å². The zero-order valence-corrected chi connectivity index (χ0v) is 11.5. The van der Waals surface area contributed by atoms with E-state index in [1.165, 1.54) is 17.3 Å². The minimum absolute atomic E-state index is 0.0631. The van der Waals surface area contributed by atoms with E-state index in [0.29, 0.717) is 19.5 Å². The van der Waals surface area contributed by atoms with E-state index in [1.807, 2.05) is 6.08 Å². The van der Waals surface area contributed by atoms with Crippen molar-refractivity contribution < 1.29 is 17.9 Å². The van der Waals surface area contributed by atoms with Crippen molar-refractivity contribution in [2.24, 2.45) is 0 Å². The van der Waals surface area contributed by atoms with E-state index in [2.05, 4.69) is 0 Å². The second-order valence-corrected chi connectivity index (χ2v) is 6.39. The number of hydrogen-bond donors (Lipinski definition) is 1. The zero-order chi connectivity index (χ0) is 14.0. The van der Waals surface area contributed by atoms with E-state index in [1.54, 1.807) is 6.08 Å². The fourth-order valence-electron chi connectivity index (χ4n) is 2.04. The third-order valence-electron chi connectivity index (χ3n) is 3.18. The highest BCUT2D eigenvalue weighted by Crippen LogP contribution is 2.25. The Balaban J connectivity index is 2.50. The maximum absolute atomic E-state index is 13.7. The molecule has 0 atom stereocenters. The Labute approximate surface area is 112 Å². The molecule has 2 rings (SSSR count). The lowest BCUT2D eigenvalue weighted by Gasteiger charge is -2.24. The van der Waals surface area contributed by atoms with E-state index >= 15 is 0 Å². The van der Waals surface area contributed by atoms with Gasteiger partial charge in [0.15, 0.2) is 0 Å². The lowest BCUT2D eigenvalue weighted by molar-refractivity contribution is 0.280. The van der Waals surface area contributed by atoms with Crippen molar-refractivity contribution in [2.75, 3.05) is 13.1 Å². The molecule has 0 radical (unpaired) electrons. The summed E-state index contributed by atoms with van der Waals surface area (Å²) < 4.78 is 40.0. The van der Waals surface area contributed by atoms with E-state index < -0.39 is 15.8 Å². The number of benzene rings is 1. The smallest absolute Gasteiger partial charge is 0.243 e. The molecule has 0 aromatic heterocycles. The molecule has 1 aromatic rings. The van der Waals surface area contributed by atoms with Crippen LogP contribution < -0.4 is 0 Å². The molecule has 0 unspecified atom stereocenters. The van der Waals surface area contributed by atoms with Gasteiger partial charge in [-0.05, 0) is 31.0 Å². The normalized spacial score (nSPS) is 16.8. The molecule has 104 valence electrons. The van der Waals surface area contributed by atoms with Gasteiger partial charge in [0, 0.05) is 18.7 Å². The molecule has 0 saturated carbocycles. The Kier molecular flexibility index (Phi) is 4.03. The van der Waals surface area contributed by atoms with Gasteiger partial charge in [0.25, 0.3) is 0 Å². The molecule has 1 N–H and O–H groups in total. The standard InChI is InChI=1S/C13H16FNO3S/c1-10-12(14)7-11(9-16)8-13(10)19(17,18)15-5-3-2-4-6-15/h2-3,7-8,16H,4-6,9H2,1H3. The Morgan fingerprint density at radius 1 is 1.37 bits per heavy atom. The fourth-order valence-corrected chi connectivity index (χ4v) is 3.73. The average molecular weight is 285 g/mol. The summed E-state index contributed by atoms with van der Waals surface area (Å²) in [5, 5.41) is 9.07. The summed E-state index contributed by atoms with van der Waals surface area (Å²) in [4.78, 5) is -0.0631. The second-order valence-electron chi connectivity index (χ2n) is 4.48. The third kappa shape index (κ3) is 2.70. The Bertz CT molecular complexity index is 611. The van der Waals surface area contributed by atoms with Crippen LogP contribution >= 0.6 is 0 Å². The molecule has 0 saturated heterocycles. The first kappa shape index (κ1) is 14.2. The van der Waals surface area contributed by atoms with Crippen molar-refractivity contribution in [2.45, 2.75) is 24.8 Å². The van der Waals surface area contributed by atoms with E-state index in [0.717, 1.165) is 6.07 Å². The molecule has 0 fully saturated rings. The lowest BCUT2D eigenvalue weighted by Crippen LogP contribution is -2.34. The van der Waals surface area contributed by atoms with Crippen LogP contribution in [0.25, 0.3) is 0 Å². The SMILES string of the molecule is Cc1c(F)cc(CO)cc1S(=O)(=O)N1CC=CCC1. The number of halogens is 1. The Morgan fingerprint density at radius 2 is 2.11 bits per heavy atom. The van der Waals surface area contributed by atoms with Crippen LogP contribution in [0.2, 0.25) is 0 Å².